The van der Waals surface area contributed by atoms with Gasteiger partial charge in [-0.1, -0.05) is 0 Å². The molecule has 2 heterocycles. The van der Waals surface area contributed by atoms with Gasteiger partial charge in [-0.05, 0) is 0 Å². The fraction of sp³-hybridized carbons (Fsp3) is 0.125. The molecule has 0 aromatic carbocycles. The summed E-state index contributed by atoms with van der Waals surface area (Å²) in [7, 11) is 0. The first-order valence-electron chi connectivity index (χ1n) is 4.16. The van der Waals surface area contributed by atoms with Crippen LogP contribution in [0.15, 0.2) is 17.2 Å². The van der Waals surface area contributed by atoms with Crippen LogP contribution in [-0.4, -0.2) is 15.0 Å². The van der Waals surface area contributed by atoms with Crippen LogP contribution in [0.2, 0.25) is 0 Å². The normalized spacial score (nSPS) is 11.8. The Morgan fingerprint density at radius 2 is 1.94 bits per heavy atom. The fourth-order valence-electron chi connectivity index (χ4n) is 1.08. The molecule has 2 rings (SSSR count). The maximum atomic E-state index is 13.2. The minimum Gasteiger partial charge on any atom is -0.302 e. The topological polar surface area (TPSA) is 58.6 Å². The van der Waals surface area contributed by atoms with Gasteiger partial charge < -0.3 is 4.98 Å². The van der Waals surface area contributed by atoms with E-state index < -0.39 is 22.7 Å². The second-order valence-electron chi connectivity index (χ2n) is 2.94. The van der Waals surface area contributed by atoms with Crippen LogP contribution in [0, 0.1) is 5.82 Å². The van der Waals surface area contributed by atoms with Crippen molar-refractivity contribution in [1.82, 2.24) is 15.0 Å². The average molecular weight is 265 g/mol. The van der Waals surface area contributed by atoms with Gasteiger partial charge in [0.1, 0.15) is 0 Å². The second kappa shape index (κ2) is 3.91. The third kappa shape index (κ3) is 2.33. The van der Waals surface area contributed by atoms with Gasteiger partial charge in [-0.15, -0.1) is 11.3 Å². The van der Waals surface area contributed by atoms with Crippen LogP contribution in [0.1, 0.15) is 5.01 Å². The van der Waals surface area contributed by atoms with E-state index in [9.17, 15) is 22.4 Å². The minimum atomic E-state index is -4.59. The smallest absolute Gasteiger partial charge is 0.302 e. The first-order chi connectivity index (χ1) is 7.88. The van der Waals surface area contributed by atoms with E-state index in [2.05, 4.69) is 9.97 Å². The van der Waals surface area contributed by atoms with Crippen LogP contribution in [0.25, 0.3) is 10.6 Å². The lowest BCUT2D eigenvalue weighted by atomic mass is 10.3. The predicted molar refractivity (Wildman–Crippen MR) is 50.9 cm³/mol. The van der Waals surface area contributed by atoms with Crippen molar-refractivity contribution >= 4 is 11.3 Å². The third-order valence-corrected chi connectivity index (χ3v) is 2.82. The van der Waals surface area contributed by atoms with Gasteiger partial charge in [0, 0.05) is 6.20 Å². The zero-order chi connectivity index (χ0) is 12.6. The molecule has 0 amide bonds. The SMILES string of the molecule is O=c1ncc(F)c(-c2cnc(C(F)(F)F)s2)[nH]1. The van der Waals surface area contributed by atoms with E-state index in [1.165, 1.54) is 0 Å². The highest BCUT2D eigenvalue weighted by molar-refractivity contribution is 7.15. The lowest BCUT2D eigenvalue weighted by molar-refractivity contribution is -0.137. The van der Waals surface area contributed by atoms with Crippen LogP contribution in [-0.2, 0) is 6.18 Å². The predicted octanol–water partition coefficient (Wildman–Crippen LogP) is 2.05. The Bertz CT molecular complexity index is 603. The number of alkyl halides is 3. The van der Waals surface area contributed by atoms with Gasteiger partial charge in [0.2, 0.25) is 0 Å². The number of aromatic nitrogens is 3. The molecule has 90 valence electrons. The van der Waals surface area contributed by atoms with Crippen LogP contribution >= 0.6 is 11.3 Å². The number of halogens is 4. The molecule has 0 atom stereocenters. The Morgan fingerprint density at radius 3 is 2.53 bits per heavy atom. The van der Waals surface area contributed by atoms with E-state index >= 15 is 0 Å². The molecule has 1 N–H and O–H groups in total. The molecule has 0 saturated heterocycles. The van der Waals surface area contributed by atoms with Crippen molar-refractivity contribution in [3.8, 4) is 10.6 Å². The Kier molecular flexibility index (Phi) is 2.69. The van der Waals surface area contributed by atoms with Crippen LogP contribution in [0.3, 0.4) is 0 Å². The lowest BCUT2D eigenvalue weighted by Gasteiger charge is -1.99. The highest BCUT2D eigenvalue weighted by Gasteiger charge is 2.35. The molecule has 17 heavy (non-hydrogen) atoms. The first-order valence-corrected chi connectivity index (χ1v) is 4.98. The van der Waals surface area contributed by atoms with Crippen LogP contribution < -0.4 is 5.69 Å². The molecule has 2 aromatic rings. The highest BCUT2D eigenvalue weighted by Crippen LogP contribution is 2.35. The van der Waals surface area contributed by atoms with Crippen LogP contribution in [0.4, 0.5) is 17.6 Å². The monoisotopic (exact) mass is 265 g/mol. The van der Waals surface area contributed by atoms with Gasteiger partial charge in [-0.2, -0.15) is 18.2 Å². The van der Waals surface area contributed by atoms with Crippen molar-refractivity contribution in [3.63, 3.8) is 0 Å². The molecular formula is C8H3F4N3OS. The maximum absolute atomic E-state index is 13.2. The number of nitrogens with one attached hydrogen (secondary N) is 1. The summed E-state index contributed by atoms with van der Waals surface area (Å²) in [6, 6.07) is 0. The number of H-pyrrole nitrogens is 1. The lowest BCUT2D eigenvalue weighted by Crippen LogP contribution is -2.11. The molecule has 2 aromatic heterocycles. The number of rotatable bonds is 1. The molecule has 0 aliphatic carbocycles. The summed E-state index contributed by atoms with van der Waals surface area (Å²) in [6.07, 6.45) is -3.10. The number of thiazole rings is 1. The third-order valence-electron chi connectivity index (χ3n) is 1.76. The van der Waals surface area contributed by atoms with Gasteiger partial charge in [-0.3, -0.25) is 0 Å². The van der Waals surface area contributed by atoms with Gasteiger partial charge in [0.15, 0.2) is 10.8 Å². The van der Waals surface area contributed by atoms with Crippen molar-refractivity contribution in [2.75, 3.05) is 0 Å². The molecule has 0 aliphatic rings. The fourth-order valence-corrected chi connectivity index (χ4v) is 1.86. The number of hydrogen-bond acceptors (Lipinski definition) is 4. The van der Waals surface area contributed by atoms with E-state index in [-0.39, 0.29) is 21.9 Å². The first kappa shape index (κ1) is 11.7. The molecule has 0 aliphatic heterocycles. The molecule has 0 saturated carbocycles. The van der Waals surface area contributed by atoms with Gasteiger partial charge in [-0.25, -0.2) is 14.2 Å². The summed E-state index contributed by atoms with van der Waals surface area (Å²) in [4.78, 5) is 19.0. The summed E-state index contributed by atoms with van der Waals surface area (Å²) in [5, 5.41) is -1.11. The van der Waals surface area contributed by atoms with Crippen molar-refractivity contribution in [1.29, 1.82) is 0 Å². The van der Waals surface area contributed by atoms with E-state index in [4.69, 9.17) is 0 Å². The van der Waals surface area contributed by atoms with Gasteiger partial charge >= 0.3 is 11.9 Å². The zero-order valence-electron chi connectivity index (χ0n) is 7.88. The van der Waals surface area contributed by atoms with Crippen molar-refractivity contribution in [3.05, 3.63) is 33.7 Å². The molecule has 0 radical (unpaired) electrons. The van der Waals surface area contributed by atoms with Gasteiger partial charge in [0.25, 0.3) is 0 Å². The molecule has 9 heteroatoms. The summed E-state index contributed by atoms with van der Waals surface area (Å²) in [5.74, 6) is -0.915. The molecule has 0 fully saturated rings. The highest BCUT2D eigenvalue weighted by atomic mass is 32.1. The Labute approximate surface area is 95.0 Å². The summed E-state index contributed by atoms with van der Waals surface area (Å²) in [5.41, 5.74) is -1.19. The largest absolute Gasteiger partial charge is 0.443 e. The second-order valence-corrected chi connectivity index (χ2v) is 3.97. The molecule has 0 bridgehead atoms. The molecular weight excluding hydrogens is 262 g/mol. The summed E-state index contributed by atoms with van der Waals surface area (Å²) in [6.45, 7) is 0. The molecule has 0 unspecified atom stereocenters. The van der Waals surface area contributed by atoms with Crippen molar-refractivity contribution in [2.45, 2.75) is 6.18 Å². The molecule has 4 nitrogen and oxygen atoms in total. The standard InChI is InChI=1S/C8H3F4N3OS/c9-3-1-14-7(16)15-5(3)4-2-13-6(17-4)8(10,11)12/h1-2H,(H,14,15,16). The van der Waals surface area contributed by atoms with E-state index in [1.807, 2.05) is 4.98 Å². The van der Waals surface area contributed by atoms with E-state index in [0.717, 1.165) is 6.20 Å². The number of hydrogen-bond donors (Lipinski definition) is 1. The van der Waals surface area contributed by atoms with E-state index in [1.54, 1.807) is 0 Å². The van der Waals surface area contributed by atoms with E-state index in [0.29, 0.717) is 6.20 Å². The van der Waals surface area contributed by atoms with Crippen molar-refractivity contribution in [2.24, 2.45) is 0 Å². The number of nitrogens with zero attached hydrogens (tertiary/aromatic N) is 2. The maximum Gasteiger partial charge on any atom is 0.443 e. The Hall–Kier alpha value is -1.77. The molecule has 0 spiro atoms. The van der Waals surface area contributed by atoms with Crippen LogP contribution in [0.5, 0.6) is 0 Å². The van der Waals surface area contributed by atoms with Gasteiger partial charge in [0.05, 0.1) is 16.8 Å². The Balaban J connectivity index is 2.51. The Morgan fingerprint density at radius 1 is 1.24 bits per heavy atom. The van der Waals surface area contributed by atoms with Crippen molar-refractivity contribution < 1.29 is 17.6 Å². The number of aromatic amines is 1. The zero-order valence-corrected chi connectivity index (χ0v) is 8.69. The minimum absolute atomic E-state index is 0.116. The average Bonchev–Trinajstić information content (AvgIpc) is 2.70. The summed E-state index contributed by atoms with van der Waals surface area (Å²) < 4.78 is 50.0. The quantitative estimate of drug-likeness (QED) is 0.803. The summed E-state index contributed by atoms with van der Waals surface area (Å²) >= 11 is 0.242.